The highest BCUT2D eigenvalue weighted by atomic mass is 16.6. The van der Waals surface area contributed by atoms with Crippen molar-refractivity contribution in [2.75, 3.05) is 7.11 Å². The summed E-state index contributed by atoms with van der Waals surface area (Å²) in [6, 6.07) is 18.3. The van der Waals surface area contributed by atoms with Crippen LogP contribution < -0.4 is 10.3 Å². The molecule has 1 heterocycles. The molecule has 0 bridgehead atoms. The van der Waals surface area contributed by atoms with Crippen LogP contribution in [0.4, 0.5) is 22.7 Å². The van der Waals surface area contributed by atoms with Crippen LogP contribution in [0, 0.1) is 20.2 Å². The summed E-state index contributed by atoms with van der Waals surface area (Å²) in [4.78, 5) is 34.4. The number of hydrogen-bond acceptors (Lipinski definition) is 8. The Morgan fingerprint density at radius 2 is 1.62 bits per heavy atom. The number of aromatic nitrogens is 2. The van der Waals surface area contributed by atoms with Crippen molar-refractivity contribution >= 4 is 22.7 Å². The van der Waals surface area contributed by atoms with Crippen molar-refractivity contribution in [2.24, 2.45) is 10.2 Å². The molecule has 0 aliphatic heterocycles. The molecule has 4 rings (SSSR count). The van der Waals surface area contributed by atoms with E-state index in [1.807, 2.05) is 0 Å². The highest BCUT2D eigenvalue weighted by Gasteiger charge is 2.19. The maximum absolute atomic E-state index is 13.2. The molecule has 0 aliphatic carbocycles. The Morgan fingerprint density at radius 1 is 0.912 bits per heavy atom. The van der Waals surface area contributed by atoms with Crippen LogP contribution in [0.25, 0.3) is 16.9 Å². The molecule has 4 aromatic rings. The van der Waals surface area contributed by atoms with E-state index in [-0.39, 0.29) is 28.5 Å². The van der Waals surface area contributed by atoms with E-state index in [0.29, 0.717) is 16.9 Å². The number of benzene rings is 3. The van der Waals surface area contributed by atoms with E-state index < -0.39 is 15.4 Å². The van der Waals surface area contributed by atoms with Crippen LogP contribution in [0.3, 0.4) is 0 Å². The van der Waals surface area contributed by atoms with Crippen LogP contribution in [0.5, 0.6) is 5.75 Å². The third kappa shape index (κ3) is 4.27. The lowest BCUT2D eigenvalue weighted by Gasteiger charge is -2.02. The lowest BCUT2D eigenvalue weighted by molar-refractivity contribution is -0.384. The van der Waals surface area contributed by atoms with Crippen molar-refractivity contribution in [1.82, 2.24) is 9.78 Å². The van der Waals surface area contributed by atoms with Crippen molar-refractivity contribution in [1.29, 1.82) is 0 Å². The Labute approximate surface area is 191 Å². The van der Waals surface area contributed by atoms with Crippen LogP contribution in [0.15, 0.2) is 87.8 Å². The second-order valence-corrected chi connectivity index (χ2v) is 6.93. The largest absolute Gasteiger partial charge is 0.496 e. The van der Waals surface area contributed by atoms with Crippen LogP contribution in [-0.4, -0.2) is 26.7 Å². The highest BCUT2D eigenvalue weighted by molar-refractivity contribution is 5.72. The number of H-pyrrole nitrogens is 1. The molecule has 0 saturated carbocycles. The van der Waals surface area contributed by atoms with Crippen molar-refractivity contribution in [3.05, 3.63) is 103 Å². The van der Waals surface area contributed by atoms with Gasteiger partial charge in [0.25, 0.3) is 16.9 Å². The summed E-state index contributed by atoms with van der Waals surface area (Å²) in [5.41, 5.74) is 0.0792. The van der Waals surface area contributed by atoms with Gasteiger partial charge < -0.3 is 4.74 Å². The van der Waals surface area contributed by atoms with Crippen molar-refractivity contribution in [3.63, 3.8) is 0 Å². The first-order chi connectivity index (χ1) is 16.4. The summed E-state index contributed by atoms with van der Waals surface area (Å²) in [5, 5.41) is 33.4. The van der Waals surface area contributed by atoms with Gasteiger partial charge in [-0.15, -0.1) is 10.2 Å². The Bertz CT molecular complexity index is 1460. The standard InChI is InChI=1S/C22H16N6O6/c1-34-17-11-12-18(19(13-17)28(32)33)23-24-21-20(14-5-3-2-4-6-14)25-26(22(21)29)15-7-9-16(10-8-15)27(30)31/h2-13,25H,1H3. The Morgan fingerprint density at radius 3 is 2.24 bits per heavy atom. The number of nitrogens with zero attached hydrogens (tertiary/aromatic N) is 5. The highest BCUT2D eigenvalue weighted by Crippen LogP contribution is 2.34. The summed E-state index contributed by atoms with van der Waals surface area (Å²) in [7, 11) is 1.38. The lowest BCUT2D eigenvalue weighted by Crippen LogP contribution is -2.13. The first-order valence-corrected chi connectivity index (χ1v) is 9.78. The Balaban J connectivity index is 1.84. The summed E-state index contributed by atoms with van der Waals surface area (Å²) in [6.45, 7) is 0. The molecule has 170 valence electrons. The molecule has 0 saturated heterocycles. The van der Waals surface area contributed by atoms with E-state index >= 15 is 0 Å². The van der Waals surface area contributed by atoms with Gasteiger partial charge in [0.15, 0.2) is 11.4 Å². The quantitative estimate of drug-likeness (QED) is 0.230. The minimum absolute atomic E-state index is 0.0627. The predicted octanol–water partition coefficient (Wildman–Crippen LogP) is 5.07. The second kappa shape index (κ2) is 9.16. The molecular weight excluding hydrogens is 444 g/mol. The normalized spacial score (nSPS) is 11.0. The van der Waals surface area contributed by atoms with Gasteiger partial charge in [0, 0.05) is 17.7 Å². The monoisotopic (exact) mass is 460 g/mol. The third-order valence-electron chi connectivity index (χ3n) is 4.88. The van der Waals surface area contributed by atoms with Gasteiger partial charge in [-0.05, 0) is 24.3 Å². The molecule has 0 unspecified atom stereocenters. The number of rotatable bonds is 7. The molecule has 1 aromatic heterocycles. The zero-order valence-corrected chi connectivity index (χ0v) is 17.6. The zero-order valence-electron chi connectivity index (χ0n) is 17.6. The van der Waals surface area contributed by atoms with Crippen molar-refractivity contribution in [3.8, 4) is 22.7 Å². The van der Waals surface area contributed by atoms with Crippen LogP contribution in [0.1, 0.15) is 0 Å². The number of hydrogen-bond donors (Lipinski definition) is 1. The smallest absolute Gasteiger partial charge is 0.300 e. The van der Waals surface area contributed by atoms with Crippen LogP contribution >= 0.6 is 0 Å². The van der Waals surface area contributed by atoms with Crippen molar-refractivity contribution < 1.29 is 14.6 Å². The zero-order chi connectivity index (χ0) is 24.2. The number of methoxy groups -OCH3 is 1. The van der Waals surface area contributed by atoms with Gasteiger partial charge in [-0.25, -0.2) is 4.68 Å². The molecule has 12 nitrogen and oxygen atoms in total. The van der Waals surface area contributed by atoms with Gasteiger partial charge in [0.1, 0.15) is 5.75 Å². The number of azo groups is 1. The van der Waals surface area contributed by atoms with E-state index in [0.717, 1.165) is 0 Å². The fourth-order valence-electron chi connectivity index (χ4n) is 3.20. The first kappa shape index (κ1) is 22.1. The lowest BCUT2D eigenvalue weighted by atomic mass is 10.1. The molecule has 0 spiro atoms. The molecule has 0 amide bonds. The number of aromatic amines is 1. The molecule has 0 radical (unpaired) electrons. The first-order valence-electron chi connectivity index (χ1n) is 9.78. The van der Waals surface area contributed by atoms with Gasteiger partial charge in [-0.1, -0.05) is 30.3 Å². The molecule has 3 aromatic carbocycles. The third-order valence-corrected chi connectivity index (χ3v) is 4.88. The molecule has 0 fully saturated rings. The van der Waals surface area contributed by atoms with E-state index in [4.69, 9.17) is 4.74 Å². The summed E-state index contributed by atoms with van der Waals surface area (Å²) < 4.78 is 6.19. The summed E-state index contributed by atoms with van der Waals surface area (Å²) in [6.07, 6.45) is 0. The maximum atomic E-state index is 13.2. The van der Waals surface area contributed by atoms with Crippen LogP contribution in [0.2, 0.25) is 0 Å². The summed E-state index contributed by atoms with van der Waals surface area (Å²) >= 11 is 0. The predicted molar refractivity (Wildman–Crippen MR) is 122 cm³/mol. The maximum Gasteiger partial charge on any atom is 0.300 e. The van der Waals surface area contributed by atoms with E-state index in [1.165, 1.54) is 54.3 Å². The molecule has 34 heavy (non-hydrogen) atoms. The number of nitro groups is 2. The molecular formula is C22H16N6O6. The molecule has 12 heteroatoms. The number of nitrogens with one attached hydrogen (secondary N) is 1. The van der Waals surface area contributed by atoms with Gasteiger partial charge in [0.05, 0.1) is 34.4 Å². The fourth-order valence-corrected chi connectivity index (χ4v) is 3.20. The van der Waals surface area contributed by atoms with E-state index in [9.17, 15) is 25.0 Å². The van der Waals surface area contributed by atoms with Gasteiger partial charge in [0.2, 0.25) is 0 Å². The second-order valence-electron chi connectivity index (χ2n) is 6.93. The average molecular weight is 460 g/mol. The molecule has 1 N–H and O–H groups in total. The fraction of sp³-hybridized carbons (Fsp3) is 0.0455. The Hall–Kier alpha value is -5.13. The Kier molecular flexibility index (Phi) is 5.95. The molecule has 0 atom stereocenters. The topological polar surface area (TPSA) is 158 Å². The number of ether oxygens (including phenoxy) is 1. The van der Waals surface area contributed by atoms with Gasteiger partial charge in [-0.3, -0.25) is 30.1 Å². The van der Waals surface area contributed by atoms with Crippen LogP contribution in [-0.2, 0) is 0 Å². The SMILES string of the molecule is COc1ccc(N=Nc2c(-c3ccccc3)[nH]n(-c3ccc([N+](=O)[O-])cc3)c2=O)c([N+](=O)[O-])c1. The minimum Gasteiger partial charge on any atom is -0.496 e. The van der Waals surface area contributed by atoms with E-state index in [2.05, 4.69) is 15.3 Å². The average Bonchev–Trinajstić information content (AvgIpc) is 3.19. The summed E-state index contributed by atoms with van der Waals surface area (Å²) in [5.74, 6) is 0.276. The van der Waals surface area contributed by atoms with E-state index in [1.54, 1.807) is 30.3 Å². The van der Waals surface area contributed by atoms with Crippen molar-refractivity contribution in [2.45, 2.75) is 0 Å². The number of nitro benzene ring substituents is 2. The van der Waals surface area contributed by atoms with Gasteiger partial charge >= 0.3 is 0 Å². The van der Waals surface area contributed by atoms with Gasteiger partial charge in [-0.2, -0.15) is 0 Å². The number of non-ortho nitro benzene ring substituents is 1. The molecule has 0 aliphatic rings. The minimum atomic E-state index is -0.624.